The molecule has 1 amide bonds. The zero-order valence-corrected chi connectivity index (χ0v) is 20.3. The first-order chi connectivity index (χ1) is 15.8. The number of carbonyl (C=O) groups is 2. The van der Waals surface area contributed by atoms with Crippen molar-refractivity contribution in [2.24, 2.45) is 5.10 Å². The van der Waals surface area contributed by atoms with Crippen LogP contribution in [-0.2, 0) is 4.74 Å². The van der Waals surface area contributed by atoms with Gasteiger partial charge in [0.1, 0.15) is 5.58 Å². The summed E-state index contributed by atoms with van der Waals surface area (Å²) in [5.74, 6) is -0.767. The Morgan fingerprint density at radius 1 is 1.15 bits per heavy atom. The van der Waals surface area contributed by atoms with E-state index in [-0.39, 0.29) is 5.76 Å². The Bertz CT molecular complexity index is 1420. The summed E-state index contributed by atoms with van der Waals surface area (Å²) in [6.07, 6.45) is 1.57. The maximum Gasteiger partial charge on any atom is 0.339 e. The first-order valence-corrected chi connectivity index (χ1v) is 11.0. The molecule has 7 nitrogen and oxygen atoms in total. The van der Waals surface area contributed by atoms with E-state index >= 15 is 0 Å². The van der Waals surface area contributed by atoms with Crippen LogP contribution in [0.3, 0.4) is 0 Å². The minimum absolute atomic E-state index is 0.172. The molecular weight excluding hydrogens is 510 g/mol. The van der Waals surface area contributed by atoms with Crippen LogP contribution in [0.4, 0.5) is 0 Å². The van der Waals surface area contributed by atoms with E-state index < -0.39 is 11.9 Å². The lowest BCUT2D eigenvalue weighted by Gasteiger charge is -2.11. The Morgan fingerprint density at radius 3 is 2.67 bits per heavy atom. The summed E-state index contributed by atoms with van der Waals surface area (Å²) in [5, 5.41) is 5.20. The predicted molar refractivity (Wildman–Crippen MR) is 131 cm³/mol. The topological polar surface area (TPSA) is 85.8 Å². The van der Waals surface area contributed by atoms with Gasteiger partial charge >= 0.3 is 11.9 Å². The van der Waals surface area contributed by atoms with E-state index in [1.54, 1.807) is 36.5 Å². The van der Waals surface area contributed by atoms with Crippen LogP contribution in [0.25, 0.3) is 16.7 Å². The minimum atomic E-state index is -0.492. The lowest BCUT2D eigenvalue weighted by Crippen LogP contribution is -2.16. The van der Waals surface area contributed by atoms with Crippen molar-refractivity contribution in [3.63, 3.8) is 0 Å². The molecule has 0 atom stereocenters. The van der Waals surface area contributed by atoms with Crippen molar-refractivity contribution in [3.8, 4) is 5.69 Å². The van der Waals surface area contributed by atoms with Gasteiger partial charge in [-0.3, -0.25) is 4.79 Å². The van der Waals surface area contributed by atoms with Gasteiger partial charge in [-0.05, 0) is 62.4 Å². The van der Waals surface area contributed by atoms with E-state index in [2.05, 4.69) is 26.5 Å². The van der Waals surface area contributed by atoms with E-state index in [1.807, 2.05) is 36.6 Å². The molecular formula is C24H19BrClN3O4. The average Bonchev–Trinajstić information content (AvgIpc) is 3.33. The third kappa shape index (κ3) is 4.58. The number of hydrogen-bond acceptors (Lipinski definition) is 5. The monoisotopic (exact) mass is 527 g/mol. The van der Waals surface area contributed by atoms with Gasteiger partial charge in [-0.25, -0.2) is 10.2 Å². The van der Waals surface area contributed by atoms with Gasteiger partial charge in [0.25, 0.3) is 0 Å². The molecule has 0 spiro atoms. The quantitative estimate of drug-likeness (QED) is 0.201. The molecule has 0 aliphatic carbocycles. The highest BCUT2D eigenvalue weighted by Crippen LogP contribution is 2.26. The standard InChI is InChI=1S/C24H19BrClN3O4/c1-13-8-16(14(2)29(13)18-5-6-19(20(26)11-18)24(31)32-3)12-27-28-23(30)22-10-15-9-17(25)4-7-21(15)33-22/h4-12H,1-3H3,(H,28,30)/b27-12+. The molecule has 9 heteroatoms. The van der Waals surface area contributed by atoms with Crippen LogP contribution < -0.4 is 5.43 Å². The SMILES string of the molecule is COC(=O)c1ccc(-n2c(C)cc(/C=N/NC(=O)c3cc4cc(Br)ccc4o3)c2C)cc1Cl. The Kier molecular flexibility index (Phi) is 6.40. The van der Waals surface area contributed by atoms with Gasteiger partial charge < -0.3 is 13.7 Å². The summed E-state index contributed by atoms with van der Waals surface area (Å²) >= 11 is 9.68. The molecule has 2 aromatic heterocycles. The number of nitrogens with zero attached hydrogens (tertiary/aromatic N) is 2. The molecule has 168 valence electrons. The van der Waals surface area contributed by atoms with Crippen LogP contribution >= 0.6 is 27.5 Å². The van der Waals surface area contributed by atoms with Gasteiger partial charge in [0, 0.05) is 32.5 Å². The number of esters is 1. The average molecular weight is 529 g/mol. The lowest BCUT2D eigenvalue weighted by molar-refractivity contribution is 0.0600. The molecule has 0 aliphatic heterocycles. The highest BCUT2D eigenvalue weighted by atomic mass is 79.9. The molecule has 0 saturated heterocycles. The number of methoxy groups -OCH3 is 1. The molecule has 0 bridgehead atoms. The van der Waals surface area contributed by atoms with Gasteiger partial charge in [-0.1, -0.05) is 27.5 Å². The van der Waals surface area contributed by atoms with Crippen LogP contribution in [0.15, 0.2) is 62.5 Å². The number of ether oxygens (including phenoxy) is 1. The lowest BCUT2D eigenvalue weighted by atomic mass is 10.2. The molecule has 0 saturated carbocycles. The maximum absolute atomic E-state index is 12.4. The normalized spacial score (nSPS) is 11.3. The van der Waals surface area contributed by atoms with E-state index in [0.29, 0.717) is 16.2 Å². The van der Waals surface area contributed by atoms with Gasteiger partial charge in [-0.15, -0.1) is 0 Å². The number of furan rings is 1. The molecule has 2 heterocycles. The highest BCUT2D eigenvalue weighted by molar-refractivity contribution is 9.10. The van der Waals surface area contributed by atoms with Gasteiger partial charge in [0.2, 0.25) is 0 Å². The van der Waals surface area contributed by atoms with E-state index in [1.165, 1.54) is 7.11 Å². The number of aryl methyl sites for hydroxylation is 1. The van der Waals surface area contributed by atoms with Crippen molar-refractivity contribution < 1.29 is 18.7 Å². The molecule has 2 aromatic carbocycles. The fourth-order valence-corrected chi connectivity index (χ4v) is 4.21. The number of amides is 1. The fourth-order valence-electron chi connectivity index (χ4n) is 3.58. The molecule has 0 unspecified atom stereocenters. The molecule has 4 aromatic rings. The minimum Gasteiger partial charge on any atom is -0.465 e. The molecule has 0 radical (unpaired) electrons. The third-order valence-corrected chi connectivity index (χ3v) is 5.96. The number of aromatic nitrogens is 1. The first kappa shape index (κ1) is 22.8. The summed E-state index contributed by atoms with van der Waals surface area (Å²) in [4.78, 5) is 24.2. The maximum atomic E-state index is 12.4. The number of hydrazone groups is 1. The second kappa shape index (κ2) is 9.25. The van der Waals surface area contributed by atoms with Gasteiger partial charge in [-0.2, -0.15) is 5.10 Å². The van der Waals surface area contributed by atoms with Crippen LogP contribution in [0, 0.1) is 13.8 Å². The number of benzene rings is 2. The third-order valence-electron chi connectivity index (χ3n) is 5.16. The number of hydrogen-bond donors (Lipinski definition) is 1. The smallest absolute Gasteiger partial charge is 0.339 e. The number of halogens is 2. The van der Waals surface area contributed by atoms with Crippen LogP contribution in [0.1, 0.15) is 37.9 Å². The van der Waals surface area contributed by atoms with Gasteiger partial charge in [0.15, 0.2) is 5.76 Å². The second-order valence-corrected chi connectivity index (χ2v) is 8.63. The Balaban J connectivity index is 1.53. The largest absolute Gasteiger partial charge is 0.465 e. The summed E-state index contributed by atoms with van der Waals surface area (Å²) in [5.41, 5.74) is 6.85. The summed E-state index contributed by atoms with van der Waals surface area (Å²) in [6, 6.07) is 14.2. The fraction of sp³-hybridized carbons (Fsp3) is 0.125. The molecule has 33 heavy (non-hydrogen) atoms. The van der Waals surface area contributed by atoms with Crippen molar-refractivity contribution in [3.05, 3.63) is 86.3 Å². The summed E-state index contributed by atoms with van der Waals surface area (Å²) in [7, 11) is 1.31. The van der Waals surface area contributed by atoms with Crippen LogP contribution in [0.2, 0.25) is 5.02 Å². The molecule has 0 fully saturated rings. The van der Waals surface area contributed by atoms with Crippen molar-refractivity contribution in [2.75, 3.05) is 7.11 Å². The zero-order valence-electron chi connectivity index (χ0n) is 18.0. The van der Waals surface area contributed by atoms with E-state index in [0.717, 1.165) is 32.5 Å². The Morgan fingerprint density at radius 2 is 1.94 bits per heavy atom. The number of carbonyl (C=O) groups excluding carboxylic acids is 2. The van der Waals surface area contributed by atoms with E-state index in [9.17, 15) is 9.59 Å². The summed E-state index contributed by atoms with van der Waals surface area (Å²) in [6.45, 7) is 3.87. The molecule has 0 aliphatic rings. The molecule has 4 rings (SSSR count). The van der Waals surface area contributed by atoms with Crippen molar-refractivity contribution >= 4 is 56.6 Å². The van der Waals surface area contributed by atoms with Gasteiger partial charge in [0.05, 0.1) is 23.9 Å². The predicted octanol–water partition coefficient (Wildman–Crippen LogP) is 5.81. The first-order valence-electron chi connectivity index (χ1n) is 9.88. The number of nitrogens with one attached hydrogen (secondary N) is 1. The van der Waals surface area contributed by atoms with Crippen LogP contribution in [-0.4, -0.2) is 29.8 Å². The number of rotatable bonds is 5. The van der Waals surface area contributed by atoms with E-state index in [4.69, 9.17) is 20.8 Å². The van der Waals surface area contributed by atoms with Crippen molar-refractivity contribution in [1.82, 2.24) is 9.99 Å². The number of fused-ring (bicyclic) bond motifs is 1. The van der Waals surface area contributed by atoms with Crippen molar-refractivity contribution in [2.45, 2.75) is 13.8 Å². The summed E-state index contributed by atoms with van der Waals surface area (Å²) < 4.78 is 13.2. The zero-order chi connectivity index (χ0) is 23.7. The van der Waals surface area contributed by atoms with Crippen LogP contribution in [0.5, 0.6) is 0 Å². The highest BCUT2D eigenvalue weighted by Gasteiger charge is 2.15. The molecule has 1 N–H and O–H groups in total. The Hall–Kier alpha value is -3.36. The Labute approximate surface area is 203 Å². The van der Waals surface area contributed by atoms with Crippen molar-refractivity contribution in [1.29, 1.82) is 0 Å². The second-order valence-electron chi connectivity index (χ2n) is 7.31.